The molecule has 0 unspecified atom stereocenters. The summed E-state index contributed by atoms with van der Waals surface area (Å²) in [6.45, 7) is 4.59. The lowest BCUT2D eigenvalue weighted by Gasteiger charge is -2.17. The number of nitrogens with zero attached hydrogens (tertiary/aromatic N) is 4. The third-order valence-corrected chi connectivity index (χ3v) is 3.19. The highest BCUT2D eigenvalue weighted by molar-refractivity contribution is 5.73. The molecule has 2 N–H and O–H groups in total. The molecular weight excluding hydrogens is 270 g/mol. The van der Waals surface area contributed by atoms with Gasteiger partial charge in [0.05, 0.1) is 13.1 Å². The maximum atomic E-state index is 11.2. The largest absolute Gasteiger partial charge is 0.480 e. The minimum atomic E-state index is -0.868. The average molecular weight is 289 g/mol. The molecule has 0 aliphatic heterocycles. The molecule has 21 heavy (non-hydrogen) atoms. The zero-order chi connectivity index (χ0) is 15.2. The standard InChI is InChI=1S/C14H19N5O2/c1-10(2)13(14(20)21)15-8-12-16-17-18-19(12)9-11-6-4-3-5-7-11/h3-7,10,13,15H,8-9H2,1-2H3,(H,20,21)/t13-/m0/s1. The molecule has 0 radical (unpaired) electrons. The van der Waals surface area contributed by atoms with E-state index in [-0.39, 0.29) is 5.92 Å². The van der Waals surface area contributed by atoms with Crippen LogP contribution in [0.4, 0.5) is 0 Å². The Morgan fingerprint density at radius 3 is 2.67 bits per heavy atom. The van der Waals surface area contributed by atoms with Crippen LogP contribution in [0.2, 0.25) is 0 Å². The number of aliphatic carboxylic acids is 1. The van der Waals surface area contributed by atoms with E-state index in [2.05, 4.69) is 20.8 Å². The van der Waals surface area contributed by atoms with Crippen LogP contribution in [0.5, 0.6) is 0 Å². The van der Waals surface area contributed by atoms with E-state index in [1.54, 1.807) is 4.68 Å². The van der Waals surface area contributed by atoms with Gasteiger partial charge < -0.3 is 5.11 Å². The molecule has 2 aromatic rings. The molecule has 1 aromatic heterocycles. The fourth-order valence-corrected chi connectivity index (χ4v) is 2.04. The monoisotopic (exact) mass is 289 g/mol. The SMILES string of the molecule is CC(C)[C@H](NCc1nnnn1Cc1ccccc1)C(=O)O. The van der Waals surface area contributed by atoms with Crippen LogP contribution in [0.15, 0.2) is 30.3 Å². The van der Waals surface area contributed by atoms with E-state index in [1.165, 1.54) is 0 Å². The minimum absolute atomic E-state index is 0.0130. The molecule has 0 fully saturated rings. The van der Waals surface area contributed by atoms with Gasteiger partial charge in [-0.25, -0.2) is 4.68 Å². The Bertz CT molecular complexity index is 582. The van der Waals surface area contributed by atoms with Gasteiger partial charge in [0.2, 0.25) is 0 Å². The molecule has 0 aliphatic rings. The Morgan fingerprint density at radius 1 is 1.33 bits per heavy atom. The van der Waals surface area contributed by atoms with E-state index in [1.807, 2.05) is 44.2 Å². The van der Waals surface area contributed by atoms with Crippen molar-refractivity contribution in [3.63, 3.8) is 0 Å². The third kappa shape index (κ3) is 4.09. The van der Waals surface area contributed by atoms with Gasteiger partial charge in [0, 0.05) is 0 Å². The van der Waals surface area contributed by atoms with Gasteiger partial charge in [0.25, 0.3) is 0 Å². The molecule has 1 heterocycles. The zero-order valence-electron chi connectivity index (χ0n) is 12.1. The van der Waals surface area contributed by atoms with E-state index in [0.717, 1.165) is 5.56 Å². The molecule has 1 aromatic carbocycles. The van der Waals surface area contributed by atoms with Crippen molar-refractivity contribution in [2.45, 2.75) is 33.0 Å². The van der Waals surface area contributed by atoms with Crippen molar-refractivity contribution in [3.05, 3.63) is 41.7 Å². The fourth-order valence-electron chi connectivity index (χ4n) is 2.04. The van der Waals surface area contributed by atoms with Gasteiger partial charge >= 0.3 is 5.97 Å². The van der Waals surface area contributed by atoms with Crippen molar-refractivity contribution >= 4 is 5.97 Å². The first-order valence-corrected chi connectivity index (χ1v) is 6.83. The number of tetrazole rings is 1. The number of rotatable bonds is 7. The molecule has 0 amide bonds. The average Bonchev–Trinajstić information content (AvgIpc) is 2.87. The van der Waals surface area contributed by atoms with Crippen LogP contribution in [0.1, 0.15) is 25.2 Å². The number of aromatic nitrogens is 4. The summed E-state index contributed by atoms with van der Waals surface area (Å²) in [5.74, 6) is -0.265. The molecule has 0 saturated heterocycles. The smallest absolute Gasteiger partial charge is 0.320 e. The molecule has 2 rings (SSSR count). The summed E-state index contributed by atoms with van der Waals surface area (Å²) in [5, 5.41) is 23.7. The number of carbonyl (C=O) groups is 1. The first-order chi connectivity index (χ1) is 10.1. The van der Waals surface area contributed by atoms with Crippen LogP contribution in [0.25, 0.3) is 0 Å². The Morgan fingerprint density at radius 2 is 2.05 bits per heavy atom. The zero-order valence-corrected chi connectivity index (χ0v) is 12.1. The Hall–Kier alpha value is -2.28. The van der Waals surface area contributed by atoms with E-state index in [9.17, 15) is 4.79 Å². The molecular formula is C14H19N5O2. The summed E-state index contributed by atoms with van der Waals surface area (Å²) in [5.41, 5.74) is 1.09. The van der Waals surface area contributed by atoms with Crippen molar-refractivity contribution in [1.29, 1.82) is 0 Å². The second kappa shape index (κ2) is 6.94. The molecule has 0 bridgehead atoms. The highest BCUT2D eigenvalue weighted by Gasteiger charge is 2.21. The molecule has 0 saturated carbocycles. The van der Waals surface area contributed by atoms with Gasteiger partial charge in [0.1, 0.15) is 6.04 Å². The van der Waals surface area contributed by atoms with Gasteiger partial charge in [-0.15, -0.1) is 5.10 Å². The number of hydrogen-bond acceptors (Lipinski definition) is 5. The highest BCUT2D eigenvalue weighted by Crippen LogP contribution is 2.05. The normalized spacial score (nSPS) is 12.5. The van der Waals surface area contributed by atoms with Crippen molar-refractivity contribution in [3.8, 4) is 0 Å². The van der Waals surface area contributed by atoms with Gasteiger partial charge in [-0.05, 0) is 21.9 Å². The number of carboxylic acid groups (broad SMARTS) is 1. The van der Waals surface area contributed by atoms with Crippen LogP contribution in [0, 0.1) is 5.92 Å². The van der Waals surface area contributed by atoms with Gasteiger partial charge in [-0.1, -0.05) is 44.2 Å². The topological polar surface area (TPSA) is 92.9 Å². The summed E-state index contributed by atoms with van der Waals surface area (Å²) >= 11 is 0. The quantitative estimate of drug-likeness (QED) is 0.787. The first kappa shape index (κ1) is 15.1. The summed E-state index contributed by atoms with van der Waals surface area (Å²) in [6.07, 6.45) is 0. The van der Waals surface area contributed by atoms with Crippen molar-refractivity contribution in [2.75, 3.05) is 0 Å². The first-order valence-electron chi connectivity index (χ1n) is 6.83. The van der Waals surface area contributed by atoms with Crippen LogP contribution >= 0.6 is 0 Å². The van der Waals surface area contributed by atoms with Crippen molar-refractivity contribution in [1.82, 2.24) is 25.5 Å². The third-order valence-electron chi connectivity index (χ3n) is 3.19. The summed E-state index contributed by atoms with van der Waals surface area (Å²) < 4.78 is 1.67. The Balaban J connectivity index is 2.02. The summed E-state index contributed by atoms with van der Waals surface area (Å²) in [7, 11) is 0. The molecule has 1 atom stereocenters. The Kier molecular flexibility index (Phi) is 4.99. The minimum Gasteiger partial charge on any atom is -0.480 e. The van der Waals surface area contributed by atoms with E-state index in [4.69, 9.17) is 5.11 Å². The maximum Gasteiger partial charge on any atom is 0.320 e. The van der Waals surface area contributed by atoms with Crippen LogP contribution < -0.4 is 5.32 Å². The van der Waals surface area contributed by atoms with E-state index < -0.39 is 12.0 Å². The second-order valence-electron chi connectivity index (χ2n) is 5.18. The lowest BCUT2D eigenvalue weighted by Crippen LogP contribution is -2.41. The maximum absolute atomic E-state index is 11.2. The summed E-state index contributed by atoms with van der Waals surface area (Å²) in [4.78, 5) is 11.2. The van der Waals surface area contributed by atoms with Crippen LogP contribution in [-0.4, -0.2) is 37.3 Å². The molecule has 0 spiro atoms. The second-order valence-corrected chi connectivity index (χ2v) is 5.18. The Labute approximate surface area is 123 Å². The molecule has 0 aliphatic carbocycles. The predicted octanol–water partition coefficient (Wildman–Crippen LogP) is 0.920. The van der Waals surface area contributed by atoms with Crippen molar-refractivity contribution in [2.24, 2.45) is 5.92 Å². The fraction of sp³-hybridized carbons (Fsp3) is 0.429. The number of carboxylic acids is 1. The molecule has 7 nitrogen and oxygen atoms in total. The lowest BCUT2D eigenvalue weighted by atomic mass is 10.1. The van der Waals surface area contributed by atoms with E-state index in [0.29, 0.717) is 18.9 Å². The predicted molar refractivity (Wildman–Crippen MR) is 76.5 cm³/mol. The molecule has 112 valence electrons. The van der Waals surface area contributed by atoms with Crippen LogP contribution in [0.3, 0.4) is 0 Å². The lowest BCUT2D eigenvalue weighted by molar-refractivity contribution is -0.140. The van der Waals surface area contributed by atoms with Gasteiger partial charge in [-0.2, -0.15) is 0 Å². The van der Waals surface area contributed by atoms with Crippen LogP contribution in [-0.2, 0) is 17.9 Å². The highest BCUT2D eigenvalue weighted by atomic mass is 16.4. The number of hydrogen-bond donors (Lipinski definition) is 2. The van der Waals surface area contributed by atoms with E-state index >= 15 is 0 Å². The van der Waals surface area contributed by atoms with Crippen molar-refractivity contribution < 1.29 is 9.90 Å². The number of nitrogens with one attached hydrogen (secondary N) is 1. The summed E-state index contributed by atoms with van der Waals surface area (Å²) in [6, 6.07) is 9.23. The molecule has 7 heteroatoms. The van der Waals surface area contributed by atoms with Gasteiger partial charge in [0.15, 0.2) is 5.82 Å². The van der Waals surface area contributed by atoms with Gasteiger partial charge in [-0.3, -0.25) is 10.1 Å². The number of benzene rings is 1.